The molecule has 2 amide bonds. The molecule has 1 aliphatic rings. The van der Waals surface area contributed by atoms with E-state index in [0.29, 0.717) is 17.1 Å². The molecule has 142 valence electrons. The zero-order chi connectivity index (χ0) is 19.5. The highest BCUT2D eigenvalue weighted by Gasteiger charge is 2.25. The number of aromatic nitrogens is 2. The molecule has 6 nitrogen and oxygen atoms in total. The number of thioether (sulfide) groups is 1. The summed E-state index contributed by atoms with van der Waals surface area (Å²) in [7, 11) is 0. The standard InChI is InChI=1S/C21H20N4O2S/c1-13-22-18-9-5-3-7-16(18)21(23-13)28-12-19(26)25-17-8-4-2-6-15(17)20(27)24-14-10-11-14/h2-9,14H,10-12H2,1H3,(H,24,27)(H,25,26). The second kappa shape index (κ2) is 7.98. The third-order valence-electron chi connectivity index (χ3n) is 4.38. The van der Waals surface area contributed by atoms with Gasteiger partial charge in [0.05, 0.1) is 22.5 Å². The fourth-order valence-corrected chi connectivity index (χ4v) is 3.73. The fourth-order valence-electron chi connectivity index (χ4n) is 2.87. The number of anilines is 1. The summed E-state index contributed by atoms with van der Waals surface area (Å²) in [5, 5.41) is 7.51. The Morgan fingerprint density at radius 3 is 2.64 bits per heavy atom. The number of nitrogens with zero attached hydrogens (tertiary/aromatic N) is 2. The predicted molar refractivity (Wildman–Crippen MR) is 111 cm³/mol. The number of carbonyl (C=O) groups excluding carboxylic acids is 2. The number of aryl methyl sites for hydroxylation is 1. The van der Waals surface area contributed by atoms with Crippen molar-refractivity contribution in [1.82, 2.24) is 15.3 Å². The molecule has 3 aromatic rings. The number of para-hydroxylation sites is 2. The van der Waals surface area contributed by atoms with Crippen molar-refractivity contribution in [3.05, 3.63) is 59.9 Å². The number of nitrogens with one attached hydrogen (secondary N) is 2. The number of hydrogen-bond acceptors (Lipinski definition) is 5. The molecule has 2 N–H and O–H groups in total. The van der Waals surface area contributed by atoms with Crippen molar-refractivity contribution in [3.63, 3.8) is 0 Å². The summed E-state index contributed by atoms with van der Waals surface area (Å²) < 4.78 is 0. The highest BCUT2D eigenvalue weighted by atomic mass is 32.2. The van der Waals surface area contributed by atoms with Gasteiger partial charge in [0.1, 0.15) is 10.9 Å². The van der Waals surface area contributed by atoms with E-state index in [-0.39, 0.29) is 23.6 Å². The van der Waals surface area contributed by atoms with Crippen LogP contribution >= 0.6 is 11.8 Å². The van der Waals surface area contributed by atoms with Gasteiger partial charge in [-0.1, -0.05) is 42.1 Å². The van der Waals surface area contributed by atoms with Crippen LogP contribution in [0.4, 0.5) is 5.69 Å². The van der Waals surface area contributed by atoms with Crippen molar-refractivity contribution in [2.75, 3.05) is 11.1 Å². The summed E-state index contributed by atoms with van der Waals surface area (Å²) in [6, 6.07) is 15.1. The molecule has 7 heteroatoms. The van der Waals surface area contributed by atoms with Crippen LogP contribution in [-0.4, -0.2) is 33.6 Å². The molecule has 1 saturated carbocycles. The van der Waals surface area contributed by atoms with Crippen LogP contribution in [0.5, 0.6) is 0 Å². The Morgan fingerprint density at radius 2 is 1.82 bits per heavy atom. The van der Waals surface area contributed by atoms with Gasteiger partial charge in [0.25, 0.3) is 5.91 Å². The Bertz CT molecular complexity index is 1050. The average molecular weight is 392 g/mol. The van der Waals surface area contributed by atoms with Gasteiger partial charge in [-0.2, -0.15) is 0 Å². The highest BCUT2D eigenvalue weighted by molar-refractivity contribution is 8.00. The SMILES string of the molecule is Cc1nc(SCC(=O)Nc2ccccc2C(=O)NC2CC2)c2ccccc2n1. The van der Waals surface area contributed by atoms with Crippen LogP contribution in [0.25, 0.3) is 10.9 Å². The third kappa shape index (κ3) is 4.31. The minimum atomic E-state index is -0.183. The molecule has 0 spiro atoms. The number of rotatable bonds is 6. The largest absolute Gasteiger partial charge is 0.349 e. The van der Waals surface area contributed by atoms with Gasteiger partial charge in [-0.15, -0.1) is 0 Å². The third-order valence-corrected chi connectivity index (χ3v) is 5.37. The van der Waals surface area contributed by atoms with Gasteiger partial charge in [0.2, 0.25) is 5.91 Å². The number of carbonyl (C=O) groups is 2. The topological polar surface area (TPSA) is 84.0 Å². The van der Waals surface area contributed by atoms with Crippen LogP contribution in [0, 0.1) is 6.92 Å². The second-order valence-corrected chi connectivity index (χ2v) is 7.69. The lowest BCUT2D eigenvalue weighted by Gasteiger charge is -2.11. The van der Waals surface area contributed by atoms with Gasteiger partial charge in [-0.3, -0.25) is 9.59 Å². The van der Waals surface area contributed by atoms with E-state index in [4.69, 9.17) is 0 Å². The molecule has 0 bridgehead atoms. The summed E-state index contributed by atoms with van der Waals surface area (Å²) in [6.45, 7) is 1.84. The maximum atomic E-state index is 12.5. The first-order chi connectivity index (χ1) is 13.6. The van der Waals surface area contributed by atoms with E-state index in [9.17, 15) is 9.59 Å². The summed E-state index contributed by atoms with van der Waals surface area (Å²) >= 11 is 1.36. The Labute approximate surface area is 167 Å². The van der Waals surface area contributed by atoms with Crippen LogP contribution in [-0.2, 0) is 4.79 Å². The molecular weight excluding hydrogens is 372 g/mol. The van der Waals surface area contributed by atoms with Crippen molar-refractivity contribution in [2.45, 2.75) is 30.8 Å². The fraction of sp³-hybridized carbons (Fsp3) is 0.238. The van der Waals surface area contributed by atoms with E-state index in [2.05, 4.69) is 20.6 Å². The maximum Gasteiger partial charge on any atom is 0.253 e. The Kier molecular flexibility index (Phi) is 5.25. The number of benzene rings is 2. The van der Waals surface area contributed by atoms with Gasteiger partial charge in [-0.05, 0) is 38.0 Å². The molecule has 1 fully saturated rings. The van der Waals surface area contributed by atoms with E-state index in [1.54, 1.807) is 24.3 Å². The number of hydrogen-bond donors (Lipinski definition) is 2. The minimum Gasteiger partial charge on any atom is -0.349 e. The highest BCUT2D eigenvalue weighted by Crippen LogP contribution is 2.26. The molecule has 0 unspecified atom stereocenters. The molecule has 0 aliphatic heterocycles. The van der Waals surface area contributed by atoms with Crippen LogP contribution < -0.4 is 10.6 Å². The van der Waals surface area contributed by atoms with E-state index < -0.39 is 0 Å². The van der Waals surface area contributed by atoms with E-state index in [0.717, 1.165) is 28.8 Å². The van der Waals surface area contributed by atoms with Gasteiger partial charge < -0.3 is 10.6 Å². The van der Waals surface area contributed by atoms with Crippen LogP contribution in [0.1, 0.15) is 29.0 Å². The summed E-state index contributed by atoms with van der Waals surface area (Å²) in [6.07, 6.45) is 2.03. The van der Waals surface area contributed by atoms with E-state index in [1.165, 1.54) is 11.8 Å². The number of fused-ring (bicyclic) bond motifs is 1. The van der Waals surface area contributed by atoms with Gasteiger partial charge >= 0.3 is 0 Å². The first-order valence-corrected chi connectivity index (χ1v) is 10.1. The van der Waals surface area contributed by atoms with Crippen LogP contribution in [0.15, 0.2) is 53.6 Å². The smallest absolute Gasteiger partial charge is 0.253 e. The first-order valence-electron chi connectivity index (χ1n) is 9.16. The maximum absolute atomic E-state index is 12.5. The zero-order valence-corrected chi connectivity index (χ0v) is 16.3. The minimum absolute atomic E-state index is 0.150. The molecule has 0 saturated heterocycles. The summed E-state index contributed by atoms with van der Waals surface area (Å²) in [4.78, 5) is 33.8. The Morgan fingerprint density at radius 1 is 1.07 bits per heavy atom. The van der Waals surface area contributed by atoms with Crippen LogP contribution in [0.2, 0.25) is 0 Å². The second-order valence-electron chi connectivity index (χ2n) is 6.72. The molecule has 0 radical (unpaired) electrons. The van der Waals surface area contributed by atoms with E-state index >= 15 is 0 Å². The van der Waals surface area contributed by atoms with Crippen molar-refractivity contribution in [3.8, 4) is 0 Å². The molecule has 1 aromatic heterocycles. The molecule has 1 aliphatic carbocycles. The van der Waals surface area contributed by atoms with Crippen molar-refractivity contribution >= 4 is 40.2 Å². The lowest BCUT2D eigenvalue weighted by Crippen LogP contribution is -2.27. The van der Waals surface area contributed by atoms with Crippen molar-refractivity contribution < 1.29 is 9.59 Å². The molecule has 2 aromatic carbocycles. The Balaban J connectivity index is 1.45. The van der Waals surface area contributed by atoms with Crippen molar-refractivity contribution in [2.24, 2.45) is 0 Å². The predicted octanol–water partition coefficient (Wildman–Crippen LogP) is 3.56. The van der Waals surface area contributed by atoms with Gasteiger partial charge in [0, 0.05) is 11.4 Å². The quantitative estimate of drug-likeness (QED) is 0.495. The monoisotopic (exact) mass is 392 g/mol. The summed E-state index contributed by atoms with van der Waals surface area (Å²) in [5.41, 5.74) is 1.87. The molecule has 0 atom stereocenters. The van der Waals surface area contributed by atoms with Crippen LogP contribution in [0.3, 0.4) is 0 Å². The lowest BCUT2D eigenvalue weighted by molar-refractivity contribution is -0.113. The molecular formula is C21H20N4O2S. The zero-order valence-electron chi connectivity index (χ0n) is 15.4. The average Bonchev–Trinajstić information content (AvgIpc) is 3.50. The first kappa shape index (κ1) is 18.4. The lowest BCUT2D eigenvalue weighted by atomic mass is 10.1. The number of amides is 2. The van der Waals surface area contributed by atoms with Gasteiger partial charge in [0.15, 0.2) is 0 Å². The van der Waals surface area contributed by atoms with Crippen molar-refractivity contribution in [1.29, 1.82) is 0 Å². The van der Waals surface area contributed by atoms with E-state index in [1.807, 2.05) is 31.2 Å². The normalized spacial score (nSPS) is 13.3. The summed E-state index contributed by atoms with van der Waals surface area (Å²) in [5.74, 6) is 0.531. The molecule has 4 rings (SSSR count). The van der Waals surface area contributed by atoms with Gasteiger partial charge in [-0.25, -0.2) is 9.97 Å². The molecule has 1 heterocycles. The molecule has 28 heavy (non-hydrogen) atoms. The Hall–Kier alpha value is -2.93.